The second-order valence-electron chi connectivity index (χ2n) is 10.4. The van der Waals surface area contributed by atoms with Crippen molar-refractivity contribution in [3.05, 3.63) is 89.2 Å². The number of rotatable bonds is 9. The maximum atomic E-state index is 13.6. The number of hydrogen-bond donors (Lipinski definition) is 3. The van der Waals surface area contributed by atoms with Crippen molar-refractivity contribution < 1.29 is 31.5 Å². The molecule has 8 nitrogen and oxygen atoms in total. The summed E-state index contributed by atoms with van der Waals surface area (Å²) in [5, 5.41) is 16.1. The monoisotopic (exact) mass is 590 g/mol. The number of nitrogens with one attached hydrogen (secondary N) is 2. The molecule has 0 saturated carbocycles. The Kier molecular flexibility index (Phi) is 9.35. The summed E-state index contributed by atoms with van der Waals surface area (Å²) in [7, 11) is -4.28. The van der Waals surface area contributed by atoms with Gasteiger partial charge in [0.1, 0.15) is 11.8 Å². The number of halogens is 3. The Bertz CT molecular complexity index is 1450. The van der Waals surface area contributed by atoms with Crippen LogP contribution in [0.3, 0.4) is 0 Å². The van der Waals surface area contributed by atoms with Gasteiger partial charge in [0, 0.05) is 37.4 Å². The quantitative estimate of drug-likeness (QED) is 0.337. The lowest BCUT2D eigenvalue weighted by molar-refractivity contribution is -0.137. The Morgan fingerprint density at radius 2 is 1.76 bits per heavy atom. The first kappa shape index (κ1) is 30.5. The molecular formula is C29H33F3N4O4S. The van der Waals surface area contributed by atoms with Crippen LogP contribution in [0.15, 0.2) is 71.9 Å². The molecule has 0 unspecified atom stereocenters. The van der Waals surface area contributed by atoms with Crippen LogP contribution in [-0.2, 0) is 34.1 Å². The van der Waals surface area contributed by atoms with Crippen LogP contribution in [0.2, 0.25) is 0 Å². The van der Waals surface area contributed by atoms with Crippen LogP contribution in [0, 0.1) is 0 Å². The molecule has 0 radical (unpaired) electrons. The summed E-state index contributed by atoms with van der Waals surface area (Å²) >= 11 is 0. The van der Waals surface area contributed by atoms with Gasteiger partial charge in [-0.25, -0.2) is 8.42 Å². The summed E-state index contributed by atoms with van der Waals surface area (Å²) in [5.41, 5.74) is 1.64. The van der Waals surface area contributed by atoms with E-state index in [0.29, 0.717) is 17.9 Å². The van der Waals surface area contributed by atoms with Gasteiger partial charge in [0.25, 0.3) is 0 Å². The number of aromatic nitrogens is 1. The molecule has 1 aromatic heterocycles. The van der Waals surface area contributed by atoms with Crippen molar-refractivity contribution in [2.24, 2.45) is 0 Å². The van der Waals surface area contributed by atoms with Crippen molar-refractivity contribution in [2.45, 2.75) is 68.9 Å². The zero-order valence-electron chi connectivity index (χ0n) is 22.7. The molecule has 0 bridgehead atoms. The second kappa shape index (κ2) is 12.6. The van der Waals surface area contributed by atoms with Crippen LogP contribution in [0.1, 0.15) is 54.9 Å². The van der Waals surface area contributed by atoms with E-state index in [4.69, 9.17) is 0 Å². The molecule has 1 fully saturated rings. The number of hydrogen-bond acceptors (Lipinski definition) is 6. The molecule has 3 aromatic rings. The number of sulfonamides is 1. The lowest BCUT2D eigenvalue weighted by Crippen LogP contribution is -2.56. The van der Waals surface area contributed by atoms with Gasteiger partial charge in [0.15, 0.2) is 0 Å². The van der Waals surface area contributed by atoms with E-state index < -0.39 is 33.7 Å². The second-order valence-corrected chi connectivity index (χ2v) is 12.3. The first-order valence-corrected chi connectivity index (χ1v) is 14.7. The minimum Gasteiger partial charge on any atom is -0.506 e. The lowest BCUT2D eigenvalue weighted by atomic mass is 9.98. The molecule has 41 heavy (non-hydrogen) atoms. The molecule has 1 saturated heterocycles. The molecular weight excluding hydrogens is 557 g/mol. The molecule has 2 heterocycles. The summed E-state index contributed by atoms with van der Waals surface area (Å²) in [6, 6.07) is 11.3. The number of pyridine rings is 1. The van der Waals surface area contributed by atoms with E-state index in [9.17, 15) is 31.5 Å². The van der Waals surface area contributed by atoms with Crippen molar-refractivity contribution in [1.29, 1.82) is 0 Å². The maximum absolute atomic E-state index is 13.6. The highest BCUT2D eigenvalue weighted by molar-refractivity contribution is 7.89. The van der Waals surface area contributed by atoms with Crippen molar-refractivity contribution in [2.75, 3.05) is 6.54 Å². The number of amides is 1. The molecule has 12 heteroatoms. The highest BCUT2D eigenvalue weighted by Crippen LogP contribution is 2.32. The first-order valence-electron chi connectivity index (χ1n) is 13.3. The van der Waals surface area contributed by atoms with Gasteiger partial charge in [-0.1, -0.05) is 38.1 Å². The average Bonchev–Trinajstić information content (AvgIpc) is 2.95. The molecule has 2 atom stereocenters. The smallest absolute Gasteiger partial charge is 0.416 e. The van der Waals surface area contributed by atoms with Crippen LogP contribution < -0.4 is 10.6 Å². The summed E-state index contributed by atoms with van der Waals surface area (Å²) in [6.45, 7) is 4.59. The predicted octanol–water partition coefficient (Wildman–Crippen LogP) is 4.56. The van der Waals surface area contributed by atoms with Gasteiger partial charge in [-0.15, -0.1) is 0 Å². The van der Waals surface area contributed by atoms with Crippen molar-refractivity contribution in [1.82, 2.24) is 19.9 Å². The van der Waals surface area contributed by atoms with E-state index in [2.05, 4.69) is 29.5 Å². The van der Waals surface area contributed by atoms with Gasteiger partial charge in [0.05, 0.1) is 16.7 Å². The summed E-state index contributed by atoms with van der Waals surface area (Å²) in [4.78, 5) is 17.0. The molecule has 4 rings (SSSR count). The normalized spacial score (nSPS) is 18.4. The first-order chi connectivity index (χ1) is 19.4. The highest BCUT2D eigenvalue weighted by Gasteiger charge is 2.41. The van der Waals surface area contributed by atoms with Gasteiger partial charge < -0.3 is 15.7 Å². The van der Waals surface area contributed by atoms with Crippen molar-refractivity contribution in [3.8, 4) is 5.75 Å². The number of carbonyl (C=O) groups is 1. The van der Waals surface area contributed by atoms with E-state index in [-0.39, 0.29) is 42.7 Å². The van der Waals surface area contributed by atoms with Gasteiger partial charge in [-0.05, 0) is 60.2 Å². The molecule has 3 N–H and O–H groups in total. The van der Waals surface area contributed by atoms with E-state index >= 15 is 0 Å². The summed E-state index contributed by atoms with van der Waals surface area (Å²) in [6.07, 6.45) is -1.26. The van der Waals surface area contributed by atoms with E-state index in [1.54, 1.807) is 12.3 Å². The lowest BCUT2D eigenvalue weighted by Gasteiger charge is -2.38. The number of carbonyl (C=O) groups excluding carboxylic acids is 1. The predicted molar refractivity (Wildman–Crippen MR) is 147 cm³/mol. The summed E-state index contributed by atoms with van der Waals surface area (Å²) < 4.78 is 67.4. The Hall–Kier alpha value is -3.48. The van der Waals surface area contributed by atoms with E-state index in [1.807, 2.05) is 24.3 Å². The van der Waals surface area contributed by atoms with E-state index in [0.717, 1.165) is 39.7 Å². The zero-order valence-corrected chi connectivity index (χ0v) is 23.5. The Morgan fingerprint density at radius 1 is 1.07 bits per heavy atom. The summed E-state index contributed by atoms with van der Waals surface area (Å²) in [5.74, 6) is -0.143. The molecule has 1 amide bonds. The highest BCUT2D eigenvalue weighted by atomic mass is 32.2. The van der Waals surface area contributed by atoms with E-state index in [1.165, 1.54) is 6.20 Å². The fourth-order valence-electron chi connectivity index (χ4n) is 4.75. The molecule has 2 aromatic carbocycles. The third-order valence-electron chi connectivity index (χ3n) is 7.23. The van der Waals surface area contributed by atoms with Crippen LogP contribution >= 0.6 is 0 Å². The molecule has 1 aliphatic rings. The number of alkyl halides is 3. The van der Waals surface area contributed by atoms with Gasteiger partial charge >= 0.3 is 6.18 Å². The van der Waals surface area contributed by atoms with Crippen molar-refractivity contribution in [3.63, 3.8) is 0 Å². The maximum Gasteiger partial charge on any atom is 0.416 e. The fourth-order valence-corrected chi connectivity index (χ4v) is 6.37. The van der Waals surface area contributed by atoms with Crippen LogP contribution in [0.4, 0.5) is 13.2 Å². The number of benzene rings is 2. The molecule has 0 aliphatic carbocycles. The largest absolute Gasteiger partial charge is 0.506 e. The fraction of sp³-hybridized carbons (Fsp3) is 0.379. The van der Waals surface area contributed by atoms with Crippen LogP contribution in [-0.4, -0.2) is 47.3 Å². The number of aromatic hydroxyl groups is 1. The third kappa shape index (κ3) is 7.43. The number of nitrogens with zero attached hydrogens (tertiary/aromatic N) is 2. The van der Waals surface area contributed by atoms with Crippen LogP contribution in [0.25, 0.3) is 0 Å². The number of piperidine rings is 1. The topological polar surface area (TPSA) is 112 Å². The van der Waals surface area contributed by atoms with Gasteiger partial charge in [-0.2, -0.15) is 17.5 Å². The Labute approximate surface area is 237 Å². The van der Waals surface area contributed by atoms with Crippen molar-refractivity contribution >= 4 is 15.9 Å². The minimum atomic E-state index is -4.61. The molecule has 0 spiro atoms. The van der Waals surface area contributed by atoms with Crippen LogP contribution in [0.5, 0.6) is 5.75 Å². The zero-order chi connectivity index (χ0) is 29.8. The SMILES string of the molecule is CC(C)c1ccc(CNC(=O)[C@H]2C[C@H](NCc3ccncc3O)CCN2S(=O)(=O)c2ccc(C(F)(F)F)cc2)cc1. The Morgan fingerprint density at radius 3 is 2.37 bits per heavy atom. The van der Waals surface area contributed by atoms with Gasteiger partial charge in [-0.3, -0.25) is 9.78 Å². The average molecular weight is 591 g/mol. The molecule has 1 aliphatic heterocycles. The van der Waals surface area contributed by atoms with Gasteiger partial charge in [0.2, 0.25) is 15.9 Å². The minimum absolute atomic E-state index is 0.0140. The standard InChI is InChI=1S/C29H33F3N4O4S/c1-19(2)21-5-3-20(4-6-21)16-35-28(38)26-15-24(34-17-22-11-13-33-18-27(22)37)12-14-36(26)41(39,40)25-9-7-23(8-10-25)29(30,31)32/h3-11,13,18-19,24,26,34,37H,12,14-17H2,1-2H3,(H,35,38)/t24-,26-/m1/s1. The Balaban J connectivity index is 1.53. The third-order valence-corrected chi connectivity index (χ3v) is 9.15. The molecule has 220 valence electrons.